The molecule has 0 unspecified atom stereocenters. The van der Waals surface area contributed by atoms with E-state index in [-0.39, 0.29) is 24.2 Å². The predicted molar refractivity (Wildman–Crippen MR) is 134 cm³/mol. The van der Waals surface area contributed by atoms with E-state index in [2.05, 4.69) is 52.9 Å². The zero-order chi connectivity index (χ0) is 23.5. The standard InChI is InChI=1S/C26H30N4O2.ClH/c1-29(2,3)23-15-11-21(12-16-23)27-25(31)19-7-9-20(10-8-19)26(32)28-22-13-17-24(18-14-22)30(4,5)6;/h7-18H,1-6H3;1H/p+1. The Balaban J connectivity index is 0.00000385. The number of hydrogen-bond acceptors (Lipinski definition) is 2. The summed E-state index contributed by atoms with van der Waals surface area (Å²) in [5.74, 6) is -0.434. The van der Waals surface area contributed by atoms with Gasteiger partial charge in [-0.05, 0) is 48.5 Å². The van der Waals surface area contributed by atoms with Crippen LogP contribution in [0, 0.1) is 0 Å². The van der Waals surface area contributed by atoms with Crippen molar-refractivity contribution >= 4 is 34.6 Å². The van der Waals surface area contributed by atoms with Crippen LogP contribution in [0.25, 0.3) is 0 Å². The van der Waals surface area contributed by atoms with Crippen LogP contribution in [0.1, 0.15) is 20.7 Å². The molecule has 3 aromatic rings. The number of nitrogens with zero attached hydrogens (tertiary/aromatic N) is 2. The van der Waals surface area contributed by atoms with Crippen LogP contribution >= 0.6 is 0 Å². The second kappa shape index (κ2) is 10.2. The second-order valence-corrected chi connectivity index (χ2v) is 9.60. The number of rotatable bonds is 6. The van der Waals surface area contributed by atoms with E-state index >= 15 is 0 Å². The molecule has 0 saturated heterocycles. The summed E-state index contributed by atoms with van der Waals surface area (Å²) in [6.07, 6.45) is 0. The first kappa shape index (κ1) is 26.1. The van der Waals surface area contributed by atoms with Crippen molar-refractivity contribution in [3.05, 3.63) is 83.9 Å². The van der Waals surface area contributed by atoms with Crippen molar-refractivity contribution in [1.82, 2.24) is 8.97 Å². The number of benzene rings is 3. The molecule has 0 aromatic heterocycles. The highest BCUT2D eigenvalue weighted by molar-refractivity contribution is 6.07. The van der Waals surface area contributed by atoms with E-state index < -0.39 is 0 Å². The Labute approximate surface area is 202 Å². The minimum absolute atomic E-state index is 0. The normalized spacial score (nSPS) is 11.3. The number of nitrogens with one attached hydrogen (secondary N) is 2. The molecule has 0 aliphatic rings. The molecule has 0 spiro atoms. The van der Waals surface area contributed by atoms with Crippen molar-refractivity contribution in [1.29, 1.82) is 0 Å². The van der Waals surface area contributed by atoms with Crippen LogP contribution in [0.15, 0.2) is 72.8 Å². The first-order chi connectivity index (χ1) is 14.9. The highest BCUT2D eigenvalue weighted by Crippen LogP contribution is 2.21. The summed E-state index contributed by atoms with van der Waals surface area (Å²) in [5, 5.41) is 5.79. The van der Waals surface area contributed by atoms with E-state index in [9.17, 15) is 9.59 Å². The summed E-state index contributed by atoms with van der Waals surface area (Å²) < 4.78 is 1.41. The number of hydrogen-bond donors (Lipinski definition) is 2. The number of carbonyl (C=O) groups excluding carboxylic acids is 2. The maximum atomic E-state index is 12.6. The van der Waals surface area contributed by atoms with Crippen LogP contribution in [-0.4, -0.2) is 54.1 Å². The molecular formula is C26H32ClN4O2+. The molecule has 7 heteroatoms. The molecular weight excluding hydrogens is 436 g/mol. The van der Waals surface area contributed by atoms with Crippen molar-refractivity contribution in [3.8, 4) is 0 Å². The molecule has 0 atom stereocenters. The van der Waals surface area contributed by atoms with Gasteiger partial charge in [0.15, 0.2) is 0 Å². The lowest BCUT2D eigenvalue weighted by atomic mass is 10.1. The Morgan fingerprint density at radius 2 is 0.788 bits per heavy atom. The number of quaternary nitrogens is 2. The molecule has 0 bridgehead atoms. The maximum Gasteiger partial charge on any atom is 0.255 e. The third kappa shape index (κ3) is 6.89. The number of amides is 2. The zero-order valence-corrected chi connectivity index (χ0v) is 20.8. The quantitative estimate of drug-likeness (QED) is 0.541. The molecule has 3 aromatic carbocycles. The number of carbonyl (C=O) groups is 2. The Hall–Kier alpha value is -3.19. The molecule has 3 rings (SSSR count). The smallest absolute Gasteiger partial charge is 0.255 e. The molecule has 0 aliphatic carbocycles. The Morgan fingerprint density at radius 3 is 1.03 bits per heavy atom. The van der Waals surface area contributed by atoms with Crippen LogP contribution in [0.3, 0.4) is 0 Å². The minimum atomic E-state index is -0.217. The summed E-state index contributed by atoms with van der Waals surface area (Å²) in [5.41, 5.74) is 4.72. The van der Waals surface area contributed by atoms with Gasteiger partial charge >= 0.3 is 0 Å². The van der Waals surface area contributed by atoms with Crippen LogP contribution in [0.4, 0.5) is 22.7 Å². The summed E-state index contributed by atoms with van der Waals surface area (Å²) in [7, 11) is 12.5. The van der Waals surface area contributed by atoms with Crippen molar-refractivity contribution in [3.63, 3.8) is 0 Å². The van der Waals surface area contributed by atoms with E-state index in [4.69, 9.17) is 0 Å². The molecule has 0 saturated carbocycles. The molecule has 6 nitrogen and oxygen atoms in total. The van der Waals surface area contributed by atoms with Gasteiger partial charge in [-0.25, -0.2) is 0 Å². The molecule has 174 valence electrons. The van der Waals surface area contributed by atoms with Gasteiger partial charge in [0.1, 0.15) is 11.4 Å². The Bertz CT molecular complexity index is 1010. The predicted octanol–water partition coefficient (Wildman–Crippen LogP) is 1.59. The summed E-state index contributed by atoms with van der Waals surface area (Å²) in [4.78, 5) is 25.1. The van der Waals surface area contributed by atoms with Gasteiger partial charge < -0.3 is 23.0 Å². The number of halogens is 1. The van der Waals surface area contributed by atoms with Gasteiger partial charge in [-0.1, -0.05) is 0 Å². The van der Waals surface area contributed by atoms with Gasteiger partial charge in [0, 0.05) is 46.8 Å². The summed E-state index contributed by atoms with van der Waals surface area (Å²) >= 11 is 0. The fourth-order valence-electron chi connectivity index (χ4n) is 3.16. The number of anilines is 2. The molecule has 33 heavy (non-hydrogen) atoms. The lowest BCUT2D eigenvalue weighted by Crippen LogP contribution is -3.00. The van der Waals surface area contributed by atoms with Gasteiger partial charge in [0.25, 0.3) is 11.8 Å². The molecule has 2 N–H and O–H groups in total. The SMILES string of the molecule is C[N+](C)(C)c1ccc(NC(=O)c2ccc(C(=O)Nc3ccc([N+](C)(C)C)cc3)cc2)cc1.[Cl-]. The van der Waals surface area contributed by atoms with E-state index in [0.717, 1.165) is 22.7 Å². The van der Waals surface area contributed by atoms with Crippen LogP contribution in [0.2, 0.25) is 0 Å². The first-order valence-electron chi connectivity index (χ1n) is 10.5. The lowest BCUT2D eigenvalue weighted by molar-refractivity contribution is -0.0000220. The van der Waals surface area contributed by atoms with Crippen LogP contribution in [0.5, 0.6) is 0 Å². The molecule has 2 amide bonds. The lowest BCUT2D eigenvalue weighted by Gasteiger charge is -2.23. The average molecular weight is 468 g/mol. The molecule has 0 heterocycles. The fourth-order valence-corrected chi connectivity index (χ4v) is 3.16. The molecule has 0 fully saturated rings. The van der Waals surface area contributed by atoms with Crippen LogP contribution in [-0.2, 0) is 0 Å². The van der Waals surface area contributed by atoms with E-state index in [1.807, 2.05) is 48.5 Å². The van der Waals surface area contributed by atoms with Gasteiger partial charge in [-0.2, -0.15) is 0 Å². The second-order valence-electron chi connectivity index (χ2n) is 9.60. The van der Waals surface area contributed by atoms with Crippen molar-refractivity contribution in [2.45, 2.75) is 0 Å². The van der Waals surface area contributed by atoms with Gasteiger partial charge in [0.2, 0.25) is 0 Å². The maximum absolute atomic E-state index is 12.6. The van der Waals surface area contributed by atoms with Crippen molar-refractivity contribution < 1.29 is 22.0 Å². The zero-order valence-electron chi connectivity index (χ0n) is 20.0. The Morgan fingerprint density at radius 1 is 0.515 bits per heavy atom. The molecule has 0 radical (unpaired) electrons. The topological polar surface area (TPSA) is 58.2 Å². The van der Waals surface area contributed by atoms with Gasteiger partial charge in [-0.3, -0.25) is 18.6 Å². The summed E-state index contributed by atoms with van der Waals surface area (Å²) in [6.45, 7) is 0. The molecule has 0 aliphatic heterocycles. The van der Waals surface area contributed by atoms with Crippen LogP contribution < -0.4 is 32.0 Å². The highest BCUT2D eigenvalue weighted by atomic mass is 35.5. The van der Waals surface area contributed by atoms with Gasteiger partial charge in [-0.15, -0.1) is 0 Å². The summed E-state index contributed by atoms with van der Waals surface area (Å²) in [6, 6.07) is 22.2. The van der Waals surface area contributed by atoms with E-state index in [0.29, 0.717) is 20.1 Å². The largest absolute Gasteiger partial charge is 1.00 e. The highest BCUT2D eigenvalue weighted by Gasteiger charge is 2.14. The minimum Gasteiger partial charge on any atom is -1.00 e. The van der Waals surface area contributed by atoms with E-state index in [1.165, 1.54) is 0 Å². The fraction of sp³-hybridized carbons (Fsp3) is 0.231. The third-order valence-electron chi connectivity index (χ3n) is 5.21. The average Bonchev–Trinajstić information content (AvgIpc) is 2.73. The van der Waals surface area contributed by atoms with E-state index in [1.54, 1.807) is 24.3 Å². The monoisotopic (exact) mass is 467 g/mol. The van der Waals surface area contributed by atoms with Crippen molar-refractivity contribution in [2.24, 2.45) is 0 Å². The third-order valence-corrected chi connectivity index (χ3v) is 5.21. The van der Waals surface area contributed by atoms with Gasteiger partial charge in [0.05, 0.1) is 42.3 Å². The first-order valence-corrected chi connectivity index (χ1v) is 10.5. The van der Waals surface area contributed by atoms with Crippen molar-refractivity contribution in [2.75, 3.05) is 52.9 Å². The Kier molecular flexibility index (Phi) is 8.03.